The number of carbonyl (C=O) groups excluding carboxylic acids is 1. The fraction of sp³-hybridized carbons (Fsp3) is 0.423. The highest BCUT2D eigenvalue weighted by molar-refractivity contribution is 7.19. The monoisotopic (exact) mass is 461 g/mol. The molecule has 1 aliphatic heterocycles. The van der Waals surface area contributed by atoms with Gasteiger partial charge in [0.2, 0.25) is 5.91 Å². The number of carbonyl (C=O) groups is 1. The van der Waals surface area contributed by atoms with Crippen molar-refractivity contribution >= 4 is 49.0 Å². The average Bonchev–Trinajstić information content (AvgIpc) is 3.48. The first-order valence-corrected chi connectivity index (χ1v) is 13.4. The summed E-state index contributed by atoms with van der Waals surface area (Å²) in [6.07, 6.45) is 6.47. The molecule has 0 spiro atoms. The molecule has 2 aromatic carbocycles. The lowest BCUT2D eigenvalue weighted by Crippen LogP contribution is -2.43. The molecule has 0 bridgehead atoms. The second-order valence-electron chi connectivity index (χ2n) is 9.14. The maximum absolute atomic E-state index is 13.6. The van der Waals surface area contributed by atoms with Crippen LogP contribution in [-0.4, -0.2) is 33.9 Å². The van der Waals surface area contributed by atoms with Crippen LogP contribution in [0.5, 0.6) is 0 Å². The van der Waals surface area contributed by atoms with Gasteiger partial charge in [-0.1, -0.05) is 37.1 Å². The van der Waals surface area contributed by atoms with Crippen LogP contribution in [0.25, 0.3) is 20.4 Å². The number of para-hydroxylation sites is 2. The molecule has 0 radical (unpaired) electrons. The van der Waals surface area contributed by atoms with E-state index in [1.54, 1.807) is 11.3 Å². The fourth-order valence-electron chi connectivity index (χ4n) is 5.42. The molecule has 164 valence electrons. The third-order valence-corrected chi connectivity index (χ3v) is 9.54. The minimum atomic E-state index is 0.0864. The maximum atomic E-state index is 13.6. The number of thiazole rings is 2. The van der Waals surface area contributed by atoms with Crippen LogP contribution in [-0.2, 0) is 4.79 Å². The number of likely N-dealkylation sites (tertiary alicyclic amines) is 1. The minimum Gasteiger partial charge on any atom is -0.342 e. The average molecular weight is 462 g/mol. The van der Waals surface area contributed by atoms with Crippen LogP contribution in [0.2, 0.25) is 0 Å². The Hall–Kier alpha value is -2.31. The summed E-state index contributed by atoms with van der Waals surface area (Å²) < 4.78 is 2.50. The van der Waals surface area contributed by atoms with Crippen LogP contribution in [0, 0.1) is 5.92 Å². The Morgan fingerprint density at radius 3 is 2.06 bits per heavy atom. The first-order chi connectivity index (χ1) is 15.8. The van der Waals surface area contributed by atoms with Crippen molar-refractivity contribution in [3.63, 3.8) is 0 Å². The molecular formula is C26H27N3OS2. The molecule has 2 atom stereocenters. The van der Waals surface area contributed by atoms with Gasteiger partial charge in [0.25, 0.3) is 0 Å². The summed E-state index contributed by atoms with van der Waals surface area (Å²) in [6, 6.07) is 16.7. The van der Waals surface area contributed by atoms with Crippen LogP contribution in [0.15, 0.2) is 48.5 Å². The Kier molecular flexibility index (Phi) is 5.43. The van der Waals surface area contributed by atoms with Gasteiger partial charge < -0.3 is 4.90 Å². The van der Waals surface area contributed by atoms with Crippen molar-refractivity contribution in [2.45, 2.75) is 50.4 Å². The molecule has 2 aliphatic rings. The lowest BCUT2D eigenvalue weighted by atomic mass is 9.78. The molecule has 4 nitrogen and oxygen atoms in total. The van der Waals surface area contributed by atoms with E-state index in [0.29, 0.717) is 11.8 Å². The van der Waals surface area contributed by atoms with Gasteiger partial charge in [-0.2, -0.15) is 0 Å². The molecule has 6 heteroatoms. The van der Waals surface area contributed by atoms with Gasteiger partial charge in [0.15, 0.2) is 0 Å². The molecule has 3 heterocycles. The normalized spacial score (nSPS) is 22.6. The SMILES string of the molecule is O=C([C@@H]1CCCC[C@H]1c1nc2ccccc2s1)N1CCC(c2nc3ccccc3s2)CC1. The lowest BCUT2D eigenvalue weighted by Gasteiger charge is -2.37. The summed E-state index contributed by atoms with van der Waals surface area (Å²) in [7, 11) is 0. The summed E-state index contributed by atoms with van der Waals surface area (Å²) in [5.41, 5.74) is 2.17. The summed E-state index contributed by atoms with van der Waals surface area (Å²) in [6.45, 7) is 1.70. The standard InChI is InChI=1S/C26H27N3OS2/c30-26(19-8-2-1-7-18(19)25-28-21-10-4-6-12-23(21)32-25)29-15-13-17(14-16-29)24-27-20-9-3-5-11-22(20)31-24/h3-6,9-12,17-19H,1-2,7-8,13-16H2/t18-,19-/m1/s1. The van der Waals surface area contributed by atoms with Crippen molar-refractivity contribution in [2.24, 2.45) is 5.92 Å². The van der Waals surface area contributed by atoms with Crippen molar-refractivity contribution in [3.8, 4) is 0 Å². The topological polar surface area (TPSA) is 46.1 Å². The number of benzene rings is 2. The molecular weight excluding hydrogens is 434 g/mol. The minimum absolute atomic E-state index is 0.0864. The number of nitrogens with zero attached hydrogens (tertiary/aromatic N) is 3. The van der Waals surface area contributed by atoms with E-state index >= 15 is 0 Å². The van der Waals surface area contributed by atoms with Gasteiger partial charge in [0.1, 0.15) is 0 Å². The van der Waals surface area contributed by atoms with Crippen molar-refractivity contribution in [1.82, 2.24) is 14.9 Å². The van der Waals surface area contributed by atoms with Gasteiger partial charge in [0.05, 0.1) is 30.4 Å². The molecule has 1 saturated heterocycles. The predicted molar refractivity (Wildman–Crippen MR) is 132 cm³/mol. The first kappa shape index (κ1) is 20.3. The zero-order valence-electron chi connectivity index (χ0n) is 18.1. The van der Waals surface area contributed by atoms with Crippen LogP contribution in [0.4, 0.5) is 0 Å². The van der Waals surface area contributed by atoms with Crippen molar-refractivity contribution < 1.29 is 4.79 Å². The summed E-state index contributed by atoms with van der Waals surface area (Å²) in [5, 5.41) is 2.40. The van der Waals surface area contributed by atoms with Gasteiger partial charge in [-0.15, -0.1) is 22.7 Å². The van der Waals surface area contributed by atoms with Crippen LogP contribution >= 0.6 is 22.7 Å². The number of hydrogen-bond donors (Lipinski definition) is 0. The Balaban J connectivity index is 1.16. The molecule has 2 fully saturated rings. The molecule has 4 aromatic rings. The van der Waals surface area contributed by atoms with E-state index in [9.17, 15) is 4.79 Å². The van der Waals surface area contributed by atoms with Gasteiger partial charge in [-0.05, 0) is 49.9 Å². The van der Waals surface area contributed by atoms with Gasteiger partial charge in [-0.25, -0.2) is 9.97 Å². The van der Waals surface area contributed by atoms with E-state index in [2.05, 4.69) is 47.4 Å². The van der Waals surface area contributed by atoms with Crippen molar-refractivity contribution in [1.29, 1.82) is 0 Å². The summed E-state index contributed by atoms with van der Waals surface area (Å²) in [5.74, 6) is 1.19. The number of rotatable bonds is 3. The maximum Gasteiger partial charge on any atom is 0.226 e. The largest absolute Gasteiger partial charge is 0.342 e. The number of piperidine rings is 1. The molecule has 1 saturated carbocycles. The molecule has 0 unspecified atom stereocenters. The lowest BCUT2D eigenvalue weighted by molar-refractivity contribution is -0.138. The van der Waals surface area contributed by atoms with Crippen molar-refractivity contribution in [2.75, 3.05) is 13.1 Å². The number of hydrogen-bond acceptors (Lipinski definition) is 5. The molecule has 0 N–H and O–H groups in total. The fourth-order valence-corrected chi connectivity index (χ4v) is 7.72. The molecule has 1 amide bonds. The highest BCUT2D eigenvalue weighted by Crippen LogP contribution is 2.42. The van der Waals surface area contributed by atoms with Crippen molar-refractivity contribution in [3.05, 3.63) is 58.5 Å². The van der Waals surface area contributed by atoms with E-state index in [-0.39, 0.29) is 11.8 Å². The van der Waals surface area contributed by atoms with E-state index in [1.807, 2.05) is 17.4 Å². The van der Waals surface area contributed by atoms with E-state index in [1.165, 1.54) is 20.8 Å². The Morgan fingerprint density at radius 2 is 1.38 bits per heavy atom. The van der Waals surface area contributed by atoms with Crippen LogP contribution in [0.1, 0.15) is 60.4 Å². The highest BCUT2D eigenvalue weighted by Gasteiger charge is 2.37. The molecule has 32 heavy (non-hydrogen) atoms. The zero-order valence-corrected chi connectivity index (χ0v) is 19.7. The Labute approximate surface area is 196 Å². The summed E-state index contributed by atoms with van der Waals surface area (Å²) in [4.78, 5) is 25.6. The first-order valence-electron chi connectivity index (χ1n) is 11.8. The molecule has 6 rings (SSSR count). The third-order valence-electron chi connectivity index (χ3n) is 7.18. The summed E-state index contributed by atoms with van der Waals surface area (Å²) >= 11 is 3.60. The number of aromatic nitrogens is 2. The smallest absolute Gasteiger partial charge is 0.226 e. The second kappa shape index (κ2) is 8.56. The van der Waals surface area contributed by atoms with Gasteiger partial charge in [0, 0.05) is 30.8 Å². The Morgan fingerprint density at radius 1 is 0.781 bits per heavy atom. The van der Waals surface area contributed by atoms with E-state index in [0.717, 1.165) is 61.2 Å². The molecule has 2 aromatic heterocycles. The predicted octanol–water partition coefficient (Wildman–Crippen LogP) is 6.59. The Bertz CT molecular complexity index is 1190. The number of amides is 1. The van der Waals surface area contributed by atoms with Gasteiger partial charge >= 0.3 is 0 Å². The molecule has 1 aliphatic carbocycles. The number of fused-ring (bicyclic) bond motifs is 2. The van der Waals surface area contributed by atoms with E-state index in [4.69, 9.17) is 9.97 Å². The highest BCUT2D eigenvalue weighted by atomic mass is 32.1. The third kappa shape index (κ3) is 3.73. The van der Waals surface area contributed by atoms with E-state index < -0.39 is 0 Å². The quantitative estimate of drug-likeness (QED) is 0.346. The van der Waals surface area contributed by atoms with Gasteiger partial charge in [-0.3, -0.25) is 4.79 Å². The van der Waals surface area contributed by atoms with Crippen LogP contribution in [0.3, 0.4) is 0 Å². The zero-order chi connectivity index (χ0) is 21.5. The second-order valence-corrected chi connectivity index (χ2v) is 11.3. The van der Waals surface area contributed by atoms with Crippen LogP contribution < -0.4 is 0 Å².